The maximum atomic E-state index is 4.74. The first-order valence-corrected chi connectivity index (χ1v) is 4.27. The fourth-order valence-corrected chi connectivity index (χ4v) is 0.916. The molecule has 0 aromatic rings. The monoisotopic (exact) mass is 157 g/mol. The SMILES string of the molecule is CCCCCC=C(C)NOC. The molecule has 0 aromatic carbocycles. The number of rotatable bonds is 6. The van der Waals surface area contributed by atoms with E-state index in [0.29, 0.717) is 0 Å². The molecule has 0 spiro atoms. The Morgan fingerprint density at radius 3 is 2.73 bits per heavy atom. The van der Waals surface area contributed by atoms with Gasteiger partial charge in [0.05, 0.1) is 7.11 Å². The largest absolute Gasteiger partial charge is 0.280 e. The molecule has 0 aliphatic heterocycles. The summed E-state index contributed by atoms with van der Waals surface area (Å²) in [7, 11) is 1.63. The maximum Gasteiger partial charge on any atom is 0.0636 e. The van der Waals surface area contributed by atoms with E-state index in [4.69, 9.17) is 4.84 Å². The molecule has 0 radical (unpaired) electrons. The van der Waals surface area contributed by atoms with Gasteiger partial charge in [-0.2, -0.15) is 0 Å². The van der Waals surface area contributed by atoms with Gasteiger partial charge >= 0.3 is 0 Å². The molecule has 66 valence electrons. The Bertz CT molecular complexity index is 110. The molecule has 0 unspecified atom stereocenters. The molecular weight excluding hydrogens is 138 g/mol. The van der Waals surface area contributed by atoms with Crippen molar-refractivity contribution in [1.82, 2.24) is 5.48 Å². The highest BCUT2D eigenvalue weighted by Gasteiger charge is 1.85. The molecule has 0 fully saturated rings. The van der Waals surface area contributed by atoms with Gasteiger partial charge in [0.25, 0.3) is 0 Å². The molecule has 0 atom stereocenters. The van der Waals surface area contributed by atoms with Crippen LogP contribution in [0, 0.1) is 0 Å². The Balaban J connectivity index is 3.24. The van der Waals surface area contributed by atoms with Crippen molar-refractivity contribution in [2.45, 2.75) is 39.5 Å². The molecule has 0 saturated carbocycles. The summed E-state index contributed by atoms with van der Waals surface area (Å²) in [6.45, 7) is 4.22. The third-order valence-corrected chi connectivity index (χ3v) is 1.52. The summed E-state index contributed by atoms with van der Waals surface area (Å²) in [6.07, 6.45) is 7.19. The van der Waals surface area contributed by atoms with E-state index in [1.807, 2.05) is 6.92 Å². The fourth-order valence-electron chi connectivity index (χ4n) is 0.916. The van der Waals surface area contributed by atoms with E-state index in [0.717, 1.165) is 12.1 Å². The summed E-state index contributed by atoms with van der Waals surface area (Å²) in [5, 5.41) is 0. The van der Waals surface area contributed by atoms with E-state index < -0.39 is 0 Å². The lowest BCUT2D eigenvalue weighted by Gasteiger charge is -2.01. The highest BCUT2D eigenvalue weighted by Crippen LogP contribution is 2.01. The number of unbranched alkanes of at least 4 members (excludes halogenated alkanes) is 3. The van der Waals surface area contributed by atoms with Crippen molar-refractivity contribution in [3.8, 4) is 0 Å². The molecule has 0 amide bonds. The van der Waals surface area contributed by atoms with E-state index in [1.165, 1.54) is 19.3 Å². The van der Waals surface area contributed by atoms with Gasteiger partial charge in [0.1, 0.15) is 0 Å². The third kappa shape index (κ3) is 7.40. The minimum absolute atomic E-state index is 1.10. The zero-order valence-electron chi connectivity index (χ0n) is 7.81. The third-order valence-electron chi connectivity index (χ3n) is 1.52. The van der Waals surface area contributed by atoms with Gasteiger partial charge in [0.15, 0.2) is 0 Å². The summed E-state index contributed by atoms with van der Waals surface area (Å²) in [4.78, 5) is 4.74. The first kappa shape index (κ1) is 10.5. The molecule has 2 nitrogen and oxygen atoms in total. The first-order chi connectivity index (χ1) is 5.31. The van der Waals surface area contributed by atoms with Gasteiger partial charge in [-0.25, -0.2) is 0 Å². The molecule has 0 aromatic heterocycles. The minimum Gasteiger partial charge on any atom is -0.280 e. The standard InChI is InChI=1S/C9H19NO/c1-4-5-6-7-8-9(2)10-11-3/h8,10H,4-7H2,1-3H3. The highest BCUT2D eigenvalue weighted by molar-refractivity contribution is 4.92. The Kier molecular flexibility index (Phi) is 7.26. The van der Waals surface area contributed by atoms with Crippen molar-refractivity contribution in [3.63, 3.8) is 0 Å². The van der Waals surface area contributed by atoms with Crippen LogP contribution in [0.4, 0.5) is 0 Å². The molecule has 11 heavy (non-hydrogen) atoms. The van der Waals surface area contributed by atoms with Crippen molar-refractivity contribution in [3.05, 3.63) is 11.8 Å². The topological polar surface area (TPSA) is 21.3 Å². The quantitative estimate of drug-likeness (QED) is 0.472. The van der Waals surface area contributed by atoms with Gasteiger partial charge in [-0.05, 0) is 19.8 Å². The molecule has 0 aliphatic carbocycles. The maximum absolute atomic E-state index is 4.74. The van der Waals surface area contributed by atoms with Crippen LogP contribution in [0.25, 0.3) is 0 Å². The average molecular weight is 157 g/mol. The summed E-state index contributed by atoms with van der Waals surface area (Å²) < 4.78 is 0. The molecule has 0 heterocycles. The van der Waals surface area contributed by atoms with Gasteiger partial charge in [0.2, 0.25) is 0 Å². The molecule has 1 N–H and O–H groups in total. The second kappa shape index (κ2) is 7.61. The van der Waals surface area contributed by atoms with Gasteiger partial charge < -0.3 is 0 Å². The molecule has 0 saturated heterocycles. The Labute approximate surface area is 69.6 Å². The van der Waals surface area contributed by atoms with Crippen molar-refractivity contribution >= 4 is 0 Å². The van der Waals surface area contributed by atoms with Crippen LogP contribution in [0.3, 0.4) is 0 Å². The van der Waals surface area contributed by atoms with Crippen LogP contribution >= 0.6 is 0 Å². The number of nitrogens with one attached hydrogen (secondary N) is 1. The fraction of sp³-hybridized carbons (Fsp3) is 0.778. The molecular formula is C9H19NO. The van der Waals surface area contributed by atoms with Crippen LogP contribution in [-0.4, -0.2) is 7.11 Å². The lowest BCUT2D eigenvalue weighted by molar-refractivity contribution is 0.118. The highest BCUT2D eigenvalue weighted by atomic mass is 16.6. The van der Waals surface area contributed by atoms with E-state index in [2.05, 4.69) is 18.5 Å². The van der Waals surface area contributed by atoms with Crippen molar-refractivity contribution in [2.24, 2.45) is 0 Å². The van der Waals surface area contributed by atoms with E-state index in [9.17, 15) is 0 Å². The summed E-state index contributed by atoms with van der Waals surface area (Å²) >= 11 is 0. The van der Waals surface area contributed by atoms with Crippen molar-refractivity contribution in [1.29, 1.82) is 0 Å². The van der Waals surface area contributed by atoms with Crippen LogP contribution in [0.5, 0.6) is 0 Å². The van der Waals surface area contributed by atoms with Gasteiger partial charge in [-0.3, -0.25) is 10.3 Å². The lowest BCUT2D eigenvalue weighted by Crippen LogP contribution is -2.07. The second-order valence-electron chi connectivity index (χ2n) is 2.69. The van der Waals surface area contributed by atoms with Crippen LogP contribution in [0.1, 0.15) is 39.5 Å². The molecule has 0 rings (SSSR count). The second-order valence-corrected chi connectivity index (χ2v) is 2.69. The number of hydrogen-bond donors (Lipinski definition) is 1. The Morgan fingerprint density at radius 2 is 2.18 bits per heavy atom. The normalized spacial score (nSPS) is 11.7. The summed E-state index contributed by atoms with van der Waals surface area (Å²) in [5.74, 6) is 0. The number of allylic oxidation sites excluding steroid dienone is 2. The first-order valence-electron chi connectivity index (χ1n) is 4.27. The van der Waals surface area contributed by atoms with Gasteiger partial charge in [0, 0.05) is 5.70 Å². The summed E-state index contributed by atoms with van der Waals surface area (Å²) in [5.41, 5.74) is 3.88. The van der Waals surface area contributed by atoms with Gasteiger partial charge in [-0.15, -0.1) is 0 Å². The van der Waals surface area contributed by atoms with Crippen LogP contribution in [0.2, 0.25) is 0 Å². The average Bonchev–Trinajstić information content (AvgIpc) is 1.99. The van der Waals surface area contributed by atoms with Crippen LogP contribution in [-0.2, 0) is 4.84 Å². The van der Waals surface area contributed by atoms with E-state index in [-0.39, 0.29) is 0 Å². The Hall–Kier alpha value is -0.500. The van der Waals surface area contributed by atoms with Crippen molar-refractivity contribution < 1.29 is 4.84 Å². The van der Waals surface area contributed by atoms with Crippen LogP contribution in [0.15, 0.2) is 11.8 Å². The predicted octanol–water partition coefficient (Wildman–Crippen LogP) is 2.62. The van der Waals surface area contributed by atoms with Gasteiger partial charge in [-0.1, -0.05) is 25.8 Å². The number of hydrogen-bond acceptors (Lipinski definition) is 2. The molecule has 2 heteroatoms. The molecule has 0 bridgehead atoms. The molecule has 0 aliphatic rings. The minimum atomic E-state index is 1.10. The van der Waals surface area contributed by atoms with E-state index >= 15 is 0 Å². The van der Waals surface area contributed by atoms with Crippen molar-refractivity contribution in [2.75, 3.05) is 7.11 Å². The lowest BCUT2D eigenvalue weighted by atomic mass is 10.2. The van der Waals surface area contributed by atoms with Crippen LogP contribution < -0.4 is 5.48 Å². The zero-order valence-corrected chi connectivity index (χ0v) is 7.81. The zero-order chi connectivity index (χ0) is 8.53. The number of hydroxylamine groups is 1. The Morgan fingerprint density at radius 1 is 1.45 bits per heavy atom. The van der Waals surface area contributed by atoms with E-state index in [1.54, 1.807) is 7.11 Å². The summed E-state index contributed by atoms with van der Waals surface area (Å²) in [6, 6.07) is 0. The smallest absolute Gasteiger partial charge is 0.0636 e. The predicted molar refractivity (Wildman–Crippen MR) is 48.0 cm³/mol.